The highest BCUT2D eigenvalue weighted by Crippen LogP contribution is 2.13. The number of unbranched alkanes of at least 4 members (excludes halogenated alkanes) is 9. The molecule has 3 nitrogen and oxygen atoms in total. The summed E-state index contributed by atoms with van der Waals surface area (Å²) >= 11 is 0. The molecule has 1 heterocycles. The Labute approximate surface area is 130 Å². The number of rotatable bonds is 12. The van der Waals surface area contributed by atoms with Crippen LogP contribution in [0.4, 0.5) is 0 Å². The van der Waals surface area contributed by atoms with E-state index in [2.05, 4.69) is 12.0 Å². The van der Waals surface area contributed by atoms with E-state index in [0.29, 0.717) is 6.42 Å². The van der Waals surface area contributed by atoms with Crippen LogP contribution in [0.5, 0.6) is 0 Å². The van der Waals surface area contributed by atoms with Crippen molar-refractivity contribution in [1.82, 2.24) is 9.78 Å². The van der Waals surface area contributed by atoms with E-state index < -0.39 is 0 Å². The van der Waals surface area contributed by atoms with E-state index in [1.807, 2.05) is 20.0 Å². The van der Waals surface area contributed by atoms with Crippen molar-refractivity contribution in [1.29, 1.82) is 0 Å². The molecule has 0 spiro atoms. The van der Waals surface area contributed by atoms with Crippen molar-refractivity contribution >= 4 is 5.78 Å². The third kappa shape index (κ3) is 7.45. The SMILES string of the molecule is CCCCCCCCCCCCC(=O)c1cc(C)nn1C. The minimum Gasteiger partial charge on any atom is -0.292 e. The van der Waals surface area contributed by atoms with Crippen molar-refractivity contribution < 1.29 is 4.79 Å². The van der Waals surface area contributed by atoms with Gasteiger partial charge in [0.1, 0.15) is 5.69 Å². The van der Waals surface area contributed by atoms with Gasteiger partial charge in [0.15, 0.2) is 5.78 Å². The van der Waals surface area contributed by atoms with Crippen LogP contribution in [-0.4, -0.2) is 15.6 Å². The molecule has 1 aromatic rings. The summed E-state index contributed by atoms with van der Waals surface area (Å²) in [7, 11) is 1.85. The fourth-order valence-corrected chi connectivity index (χ4v) is 2.77. The van der Waals surface area contributed by atoms with E-state index in [-0.39, 0.29) is 5.78 Å². The van der Waals surface area contributed by atoms with Crippen LogP contribution in [0.3, 0.4) is 0 Å². The van der Waals surface area contributed by atoms with Crippen molar-refractivity contribution in [3.63, 3.8) is 0 Å². The molecule has 0 radical (unpaired) electrons. The van der Waals surface area contributed by atoms with Gasteiger partial charge < -0.3 is 0 Å². The highest BCUT2D eigenvalue weighted by molar-refractivity contribution is 5.94. The first-order chi connectivity index (χ1) is 10.1. The summed E-state index contributed by atoms with van der Waals surface area (Å²) in [5.74, 6) is 0.234. The van der Waals surface area contributed by atoms with E-state index in [4.69, 9.17) is 0 Å². The molecule has 0 aromatic carbocycles. The standard InChI is InChI=1S/C18H32N2O/c1-4-5-6-7-8-9-10-11-12-13-14-18(21)17-15-16(2)19-20(17)3/h15H,4-14H2,1-3H3. The molecule has 0 unspecified atom stereocenters. The van der Waals surface area contributed by atoms with E-state index in [1.54, 1.807) is 4.68 Å². The second-order valence-electron chi connectivity index (χ2n) is 6.15. The van der Waals surface area contributed by atoms with E-state index in [0.717, 1.165) is 17.8 Å². The van der Waals surface area contributed by atoms with Crippen LogP contribution in [-0.2, 0) is 7.05 Å². The zero-order chi connectivity index (χ0) is 15.5. The quantitative estimate of drug-likeness (QED) is 0.391. The van der Waals surface area contributed by atoms with Gasteiger partial charge in [0.25, 0.3) is 0 Å². The van der Waals surface area contributed by atoms with Crippen LogP contribution in [0.15, 0.2) is 6.07 Å². The number of aryl methyl sites for hydroxylation is 2. The molecule has 3 heteroatoms. The van der Waals surface area contributed by atoms with E-state index in [1.165, 1.54) is 57.8 Å². The second-order valence-corrected chi connectivity index (χ2v) is 6.15. The van der Waals surface area contributed by atoms with Gasteiger partial charge in [0.2, 0.25) is 0 Å². The fraction of sp³-hybridized carbons (Fsp3) is 0.778. The summed E-state index contributed by atoms with van der Waals surface area (Å²) < 4.78 is 1.70. The van der Waals surface area contributed by atoms with E-state index >= 15 is 0 Å². The third-order valence-electron chi connectivity index (χ3n) is 4.05. The van der Waals surface area contributed by atoms with Crippen LogP contribution < -0.4 is 0 Å². The smallest absolute Gasteiger partial charge is 0.180 e. The summed E-state index contributed by atoms with van der Waals surface area (Å²) in [6, 6.07) is 1.89. The number of hydrogen-bond donors (Lipinski definition) is 0. The number of carbonyl (C=O) groups is 1. The zero-order valence-electron chi connectivity index (χ0n) is 14.2. The van der Waals surface area contributed by atoms with Crippen LogP contribution in [0.25, 0.3) is 0 Å². The van der Waals surface area contributed by atoms with Crippen molar-refractivity contribution in [3.05, 3.63) is 17.5 Å². The minimum atomic E-state index is 0.234. The lowest BCUT2D eigenvalue weighted by Gasteiger charge is -2.03. The first-order valence-corrected chi connectivity index (χ1v) is 8.69. The molecule has 0 N–H and O–H groups in total. The molecule has 0 aliphatic heterocycles. The van der Waals surface area contributed by atoms with Gasteiger partial charge in [0.05, 0.1) is 5.69 Å². The molecular formula is C18H32N2O. The Morgan fingerprint density at radius 3 is 2.00 bits per heavy atom. The maximum Gasteiger partial charge on any atom is 0.180 e. The third-order valence-corrected chi connectivity index (χ3v) is 4.05. The zero-order valence-corrected chi connectivity index (χ0v) is 14.2. The molecule has 1 rings (SSSR count). The van der Waals surface area contributed by atoms with Crippen LogP contribution in [0.1, 0.15) is 93.7 Å². The number of Topliss-reactive ketones (excluding diaryl/α,β-unsaturated/α-hetero) is 1. The first-order valence-electron chi connectivity index (χ1n) is 8.69. The molecule has 1 aromatic heterocycles. The minimum absolute atomic E-state index is 0.234. The Bertz CT molecular complexity index is 409. The highest BCUT2D eigenvalue weighted by atomic mass is 16.1. The number of carbonyl (C=O) groups excluding carboxylic acids is 1. The van der Waals surface area contributed by atoms with Gasteiger partial charge in [-0.25, -0.2) is 0 Å². The van der Waals surface area contributed by atoms with Gasteiger partial charge in [-0.1, -0.05) is 64.7 Å². The summed E-state index contributed by atoms with van der Waals surface area (Å²) in [4.78, 5) is 12.1. The van der Waals surface area contributed by atoms with Crippen molar-refractivity contribution in [2.45, 2.75) is 84.5 Å². The monoisotopic (exact) mass is 292 g/mol. The predicted octanol–water partition coefficient (Wildman–Crippen LogP) is 5.22. The van der Waals surface area contributed by atoms with Gasteiger partial charge in [0, 0.05) is 13.5 Å². The summed E-state index contributed by atoms with van der Waals surface area (Å²) in [5.41, 5.74) is 1.67. The summed E-state index contributed by atoms with van der Waals surface area (Å²) in [6.45, 7) is 4.19. The molecule has 0 fully saturated rings. The average molecular weight is 292 g/mol. The lowest BCUT2D eigenvalue weighted by atomic mass is 10.0. The van der Waals surface area contributed by atoms with Gasteiger partial charge in [-0.05, 0) is 19.4 Å². The average Bonchev–Trinajstić information content (AvgIpc) is 2.79. The van der Waals surface area contributed by atoms with Crippen molar-refractivity contribution in [2.75, 3.05) is 0 Å². The largest absolute Gasteiger partial charge is 0.292 e. The normalized spacial score (nSPS) is 11.0. The Morgan fingerprint density at radius 1 is 1.00 bits per heavy atom. The molecule has 120 valence electrons. The molecule has 0 amide bonds. The summed E-state index contributed by atoms with van der Waals surface area (Å²) in [5, 5.41) is 4.23. The number of ketones is 1. The molecule has 0 atom stereocenters. The molecule has 21 heavy (non-hydrogen) atoms. The Hall–Kier alpha value is -1.12. The lowest BCUT2D eigenvalue weighted by molar-refractivity contribution is 0.0970. The predicted molar refractivity (Wildman–Crippen MR) is 88.7 cm³/mol. The first kappa shape index (κ1) is 17.9. The lowest BCUT2D eigenvalue weighted by Crippen LogP contribution is -2.06. The van der Waals surface area contributed by atoms with E-state index in [9.17, 15) is 4.79 Å². The molecule has 0 bridgehead atoms. The Kier molecular flexibility index (Phi) is 9.04. The second kappa shape index (κ2) is 10.6. The highest BCUT2D eigenvalue weighted by Gasteiger charge is 2.10. The Morgan fingerprint density at radius 2 is 1.52 bits per heavy atom. The topological polar surface area (TPSA) is 34.9 Å². The number of nitrogens with zero attached hydrogens (tertiary/aromatic N) is 2. The maximum absolute atomic E-state index is 12.1. The number of aromatic nitrogens is 2. The molecule has 0 saturated carbocycles. The maximum atomic E-state index is 12.1. The van der Waals surface area contributed by atoms with Gasteiger partial charge >= 0.3 is 0 Å². The Balaban J connectivity index is 1.99. The van der Waals surface area contributed by atoms with Crippen LogP contribution in [0, 0.1) is 6.92 Å². The van der Waals surface area contributed by atoms with Crippen molar-refractivity contribution in [2.24, 2.45) is 7.05 Å². The summed E-state index contributed by atoms with van der Waals surface area (Å²) in [6.07, 6.45) is 13.7. The van der Waals surface area contributed by atoms with Gasteiger partial charge in [-0.3, -0.25) is 9.48 Å². The van der Waals surface area contributed by atoms with Gasteiger partial charge in [-0.15, -0.1) is 0 Å². The molecule has 0 aliphatic rings. The molecule has 0 aliphatic carbocycles. The van der Waals surface area contributed by atoms with Crippen LogP contribution in [0.2, 0.25) is 0 Å². The fourth-order valence-electron chi connectivity index (χ4n) is 2.77. The molecule has 0 saturated heterocycles. The van der Waals surface area contributed by atoms with Crippen LogP contribution >= 0.6 is 0 Å². The van der Waals surface area contributed by atoms with Gasteiger partial charge in [-0.2, -0.15) is 5.10 Å². The van der Waals surface area contributed by atoms with Crippen molar-refractivity contribution in [3.8, 4) is 0 Å². The molecular weight excluding hydrogens is 260 g/mol. The number of hydrogen-bond acceptors (Lipinski definition) is 2.